The maximum atomic E-state index is 12.9. The Hall–Kier alpha value is -0.370. The largest absolute Gasteiger partial charge is 0.289 e. The third-order valence-corrected chi connectivity index (χ3v) is 5.61. The van der Waals surface area contributed by atoms with E-state index in [0.29, 0.717) is 0 Å². The van der Waals surface area contributed by atoms with Crippen LogP contribution >= 0.6 is 15.9 Å². The first-order chi connectivity index (χ1) is 8.59. The van der Waals surface area contributed by atoms with Crippen LogP contribution in [0.25, 0.3) is 0 Å². The number of allylic oxidation sites excluding steroid dienone is 4. The van der Waals surface area contributed by atoms with Gasteiger partial charge in [-0.2, -0.15) is 0 Å². The van der Waals surface area contributed by atoms with Gasteiger partial charge < -0.3 is 0 Å². The molecular formula is C18H29BrO. The van der Waals surface area contributed by atoms with E-state index in [1.54, 1.807) is 0 Å². The van der Waals surface area contributed by atoms with Gasteiger partial charge in [0.15, 0.2) is 5.78 Å². The van der Waals surface area contributed by atoms with Crippen molar-refractivity contribution in [3.05, 3.63) is 23.3 Å². The number of ketones is 1. The van der Waals surface area contributed by atoms with Gasteiger partial charge in [-0.25, -0.2) is 0 Å². The minimum Gasteiger partial charge on any atom is -0.289 e. The summed E-state index contributed by atoms with van der Waals surface area (Å²) in [4.78, 5) is 12.9. The summed E-state index contributed by atoms with van der Waals surface area (Å²) in [6, 6.07) is 0. The van der Waals surface area contributed by atoms with Crippen molar-refractivity contribution >= 4 is 21.7 Å². The van der Waals surface area contributed by atoms with Crippen LogP contribution in [-0.4, -0.2) is 10.1 Å². The lowest BCUT2D eigenvalue weighted by atomic mass is 9.66. The number of carbonyl (C=O) groups is 1. The molecule has 1 nitrogen and oxygen atoms in total. The van der Waals surface area contributed by atoms with Gasteiger partial charge in [-0.15, -0.1) is 0 Å². The Balaban J connectivity index is 3.58. The van der Waals surface area contributed by atoms with Gasteiger partial charge in [0, 0.05) is 11.1 Å². The Labute approximate surface area is 133 Å². The molecule has 0 aromatic rings. The monoisotopic (exact) mass is 340 g/mol. The summed E-state index contributed by atoms with van der Waals surface area (Å²) in [5.74, 6) is 0.198. The first-order valence-electron chi connectivity index (χ1n) is 7.30. The molecule has 0 heterocycles. The fraction of sp³-hybridized carbons (Fsp3) is 0.722. The molecule has 1 rings (SSSR count). The predicted molar refractivity (Wildman–Crippen MR) is 91.2 cm³/mol. The molecule has 1 aliphatic carbocycles. The van der Waals surface area contributed by atoms with Crippen molar-refractivity contribution in [3.8, 4) is 0 Å². The Kier molecular flexibility index (Phi) is 4.27. The molecule has 0 radical (unpaired) electrons. The van der Waals surface area contributed by atoms with E-state index < -0.39 is 0 Å². The fourth-order valence-electron chi connectivity index (χ4n) is 2.29. The lowest BCUT2D eigenvalue weighted by Crippen LogP contribution is -2.41. The van der Waals surface area contributed by atoms with E-state index in [9.17, 15) is 4.79 Å². The highest BCUT2D eigenvalue weighted by molar-refractivity contribution is 9.10. The molecule has 0 aliphatic heterocycles. The summed E-state index contributed by atoms with van der Waals surface area (Å²) in [6.07, 6.45) is 4.26. The van der Waals surface area contributed by atoms with Gasteiger partial charge in [-0.3, -0.25) is 4.79 Å². The summed E-state index contributed by atoms with van der Waals surface area (Å²) in [5.41, 5.74) is 1.53. The molecule has 0 saturated heterocycles. The van der Waals surface area contributed by atoms with Gasteiger partial charge in [-0.05, 0) is 16.2 Å². The van der Waals surface area contributed by atoms with Crippen LogP contribution in [-0.2, 0) is 4.79 Å². The Morgan fingerprint density at radius 1 is 0.800 bits per heavy atom. The Morgan fingerprint density at radius 2 is 1.10 bits per heavy atom. The number of hydrogen-bond acceptors (Lipinski definition) is 1. The number of hydrogen-bond donors (Lipinski definition) is 0. The van der Waals surface area contributed by atoms with Crippen LogP contribution < -0.4 is 0 Å². The van der Waals surface area contributed by atoms with Gasteiger partial charge in [-0.1, -0.05) is 90.4 Å². The van der Waals surface area contributed by atoms with E-state index in [2.05, 4.69) is 90.4 Å². The highest BCUT2D eigenvalue weighted by Gasteiger charge is 2.44. The van der Waals surface area contributed by atoms with Crippen LogP contribution in [0.1, 0.15) is 62.3 Å². The molecule has 0 amide bonds. The minimum absolute atomic E-state index is 0.000694. The summed E-state index contributed by atoms with van der Waals surface area (Å²) in [7, 11) is 0. The van der Waals surface area contributed by atoms with E-state index in [-0.39, 0.29) is 26.4 Å². The van der Waals surface area contributed by atoms with Crippen molar-refractivity contribution in [2.45, 2.75) is 66.6 Å². The van der Waals surface area contributed by atoms with Crippen LogP contribution in [0.2, 0.25) is 0 Å². The number of alkyl halides is 1. The summed E-state index contributed by atoms with van der Waals surface area (Å²) in [5, 5.41) is 0. The van der Waals surface area contributed by atoms with Crippen LogP contribution in [0, 0.1) is 16.2 Å². The molecule has 114 valence electrons. The molecule has 0 spiro atoms. The van der Waals surface area contributed by atoms with Crippen molar-refractivity contribution < 1.29 is 4.79 Å². The van der Waals surface area contributed by atoms with Crippen LogP contribution in [0.5, 0.6) is 0 Å². The third kappa shape index (κ3) is 3.27. The lowest BCUT2D eigenvalue weighted by molar-refractivity contribution is -0.114. The summed E-state index contributed by atoms with van der Waals surface area (Å²) in [6.45, 7) is 19.3. The molecular weight excluding hydrogens is 312 g/mol. The van der Waals surface area contributed by atoms with E-state index >= 15 is 0 Å². The molecule has 1 aliphatic rings. The first-order valence-corrected chi connectivity index (χ1v) is 8.09. The Bertz CT molecular complexity index is 439. The van der Waals surface area contributed by atoms with Gasteiger partial charge in [0.25, 0.3) is 0 Å². The van der Waals surface area contributed by atoms with Crippen molar-refractivity contribution in [1.29, 1.82) is 0 Å². The van der Waals surface area contributed by atoms with Crippen molar-refractivity contribution in [3.63, 3.8) is 0 Å². The average molecular weight is 341 g/mol. The van der Waals surface area contributed by atoms with E-state index in [1.807, 2.05) is 0 Å². The second kappa shape index (κ2) is 4.83. The molecule has 2 heteroatoms. The molecule has 0 saturated carbocycles. The molecule has 0 bridgehead atoms. The van der Waals surface area contributed by atoms with Gasteiger partial charge in [0.05, 0.1) is 4.32 Å². The van der Waals surface area contributed by atoms with Gasteiger partial charge >= 0.3 is 0 Å². The molecule has 0 aromatic heterocycles. The van der Waals surface area contributed by atoms with E-state index in [4.69, 9.17) is 0 Å². The van der Waals surface area contributed by atoms with Crippen LogP contribution in [0.15, 0.2) is 23.3 Å². The molecule has 20 heavy (non-hydrogen) atoms. The van der Waals surface area contributed by atoms with E-state index in [0.717, 1.165) is 11.1 Å². The normalized spacial score (nSPS) is 20.6. The lowest BCUT2D eigenvalue weighted by Gasteiger charge is -2.42. The van der Waals surface area contributed by atoms with Gasteiger partial charge in [0.2, 0.25) is 0 Å². The third-order valence-electron chi connectivity index (χ3n) is 3.96. The maximum absolute atomic E-state index is 12.9. The van der Waals surface area contributed by atoms with Crippen LogP contribution in [0.3, 0.4) is 0 Å². The molecule has 0 N–H and O–H groups in total. The molecule has 0 atom stereocenters. The molecule has 0 fully saturated rings. The van der Waals surface area contributed by atoms with Crippen molar-refractivity contribution in [1.82, 2.24) is 0 Å². The number of rotatable bonds is 0. The number of carbonyl (C=O) groups excluding carboxylic acids is 1. The van der Waals surface area contributed by atoms with Crippen molar-refractivity contribution in [2.24, 2.45) is 16.2 Å². The first kappa shape index (κ1) is 17.7. The predicted octanol–water partition coefficient (Wildman–Crippen LogP) is 5.69. The summed E-state index contributed by atoms with van der Waals surface area (Å²) >= 11 is 3.90. The minimum atomic E-state index is -0.279. The zero-order chi connectivity index (χ0) is 16.1. The molecule has 0 aromatic carbocycles. The maximum Gasteiger partial charge on any atom is 0.185 e. The smallest absolute Gasteiger partial charge is 0.185 e. The highest BCUT2D eigenvalue weighted by Crippen LogP contribution is 2.49. The zero-order valence-corrected chi connectivity index (χ0v) is 16.0. The number of halogens is 1. The quantitative estimate of drug-likeness (QED) is 0.517. The van der Waals surface area contributed by atoms with Crippen molar-refractivity contribution in [2.75, 3.05) is 0 Å². The second-order valence-corrected chi connectivity index (χ2v) is 10.3. The SMILES string of the molecule is CC(C)(C)C1=CC(Br)(C(C)(C)C)C=C(C(C)(C)C)C1=O. The topological polar surface area (TPSA) is 17.1 Å². The Morgan fingerprint density at radius 3 is 1.30 bits per heavy atom. The molecule has 0 unspecified atom stereocenters. The fourth-order valence-corrected chi connectivity index (χ4v) is 2.74. The number of Topliss-reactive ketones (excluding diaryl/α,β-unsaturated/α-hetero) is 1. The highest BCUT2D eigenvalue weighted by atomic mass is 79.9. The second-order valence-electron chi connectivity index (χ2n) is 8.96. The van der Waals surface area contributed by atoms with Gasteiger partial charge in [0.1, 0.15) is 0 Å². The average Bonchev–Trinajstić information content (AvgIpc) is 2.16. The standard InChI is InChI=1S/C18H29BrO/c1-15(2,3)12-10-18(19,17(7,8)9)11-13(14(12)20)16(4,5)6/h10-11H,1-9H3. The zero-order valence-electron chi connectivity index (χ0n) is 14.4. The summed E-state index contributed by atoms with van der Waals surface area (Å²) < 4.78 is -0.279. The van der Waals surface area contributed by atoms with Crippen LogP contribution in [0.4, 0.5) is 0 Å². The van der Waals surface area contributed by atoms with E-state index in [1.165, 1.54) is 0 Å².